The molecule has 140 valence electrons. The van der Waals surface area contributed by atoms with Crippen molar-refractivity contribution in [2.24, 2.45) is 0 Å². The summed E-state index contributed by atoms with van der Waals surface area (Å²) < 4.78 is 26.9. The van der Waals surface area contributed by atoms with Crippen molar-refractivity contribution in [2.45, 2.75) is 11.3 Å². The van der Waals surface area contributed by atoms with E-state index in [0.29, 0.717) is 17.5 Å². The molecule has 2 heterocycles. The summed E-state index contributed by atoms with van der Waals surface area (Å²) in [5.74, 6) is -0.462. The van der Waals surface area contributed by atoms with E-state index in [-0.39, 0.29) is 22.9 Å². The SMILES string of the molecule is O=C(C=Cc1cnc2c(c1)CCN2S(=O)(=O)c1cccc([N+](=O)[O-])c1)NO. The minimum atomic E-state index is -4.00. The summed E-state index contributed by atoms with van der Waals surface area (Å²) in [4.78, 5) is 25.3. The maximum atomic E-state index is 12.9. The standard InChI is InChI=1S/C16H14N4O6S/c21-15(18-22)5-4-11-8-12-6-7-19(16(12)17-10-11)27(25,26)14-3-1-2-13(9-14)20(23)24/h1-5,8-10,22H,6-7H2,(H,18,21). The zero-order chi connectivity index (χ0) is 19.6. The first-order valence-electron chi connectivity index (χ1n) is 7.71. The maximum Gasteiger partial charge on any atom is 0.270 e. The van der Waals surface area contributed by atoms with Crippen LogP contribution in [-0.4, -0.2) is 36.0 Å². The number of aromatic nitrogens is 1. The van der Waals surface area contributed by atoms with Gasteiger partial charge in [-0.3, -0.25) is 20.1 Å². The summed E-state index contributed by atoms with van der Waals surface area (Å²) in [5, 5.41) is 19.4. The van der Waals surface area contributed by atoms with Gasteiger partial charge in [-0.1, -0.05) is 6.07 Å². The van der Waals surface area contributed by atoms with Gasteiger partial charge in [0.1, 0.15) is 5.82 Å². The summed E-state index contributed by atoms with van der Waals surface area (Å²) in [6, 6.07) is 6.53. The van der Waals surface area contributed by atoms with Crippen LogP contribution in [0.25, 0.3) is 6.08 Å². The number of hydrogen-bond acceptors (Lipinski definition) is 7. The third-order valence-corrected chi connectivity index (χ3v) is 5.72. The quantitative estimate of drug-likeness (QED) is 0.338. The van der Waals surface area contributed by atoms with E-state index >= 15 is 0 Å². The number of anilines is 1. The number of benzene rings is 1. The highest BCUT2D eigenvalue weighted by atomic mass is 32.2. The van der Waals surface area contributed by atoms with Crippen LogP contribution in [0.5, 0.6) is 0 Å². The van der Waals surface area contributed by atoms with Gasteiger partial charge >= 0.3 is 0 Å². The second kappa shape index (κ2) is 7.13. The van der Waals surface area contributed by atoms with E-state index in [0.717, 1.165) is 16.4 Å². The molecule has 3 rings (SSSR count). The average molecular weight is 390 g/mol. The Balaban J connectivity index is 1.93. The molecule has 2 aromatic rings. The molecular formula is C16H14N4O6S. The molecule has 0 atom stereocenters. The predicted molar refractivity (Wildman–Crippen MR) is 94.5 cm³/mol. The number of nitrogens with zero attached hydrogens (tertiary/aromatic N) is 3. The Kier molecular flexibility index (Phi) is 4.88. The summed E-state index contributed by atoms with van der Waals surface area (Å²) in [5.41, 5.74) is 2.37. The molecule has 0 unspecified atom stereocenters. The molecular weight excluding hydrogens is 376 g/mol. The highest BCUT2D eigenvalue weighted by Gasteiger charge is 2.32. The van der Waals surface area contributed by atoms with Crippen molar-refractivity contribution < 1.29 is 23.3 Å². The second-order valence-corrected chi connectivity index (χ2v) is 7.50. The number of nitro benzene ring substituents is 1. The Morgan fingerprint density at radius 3 is 2.85 bits per heavy atom. The van der Waals surface area contributed by atoms with Gasteiger partial charge in [0, 0.05) is 31.0 Å². The Hall–Kier alpha value is -3.31. The molecule has 1 amide bonds. The predicted octanol–water partition coefficient (Wildman–Crippen LogP) is 1.26. The maximum absolute atomic E-state index is 12.9. The first-order valence-corrected chi connectivity index (χ1v) is 9.15. The lowest BCUT2D eigenvalue weighted by molar-refractivity contribution is -0.385. The number of hydroxylamine groups is 1. The number of rotatable bonds is 5. The van der Waals surface area contributed by atoms with Crippen molar-refractivity contribution in [3.63, 3.8) is 0 Å². The van der Waals surface area contributed by atoms with E-state index in [1.54, 1.807) is 6.07 Å². The molecule has 1 aromatic heterocycles. The first kappa shape index (κ1) is 18.5. The number of amides is 1. The highest BCUT2D eigenvalue weighted by molar-refractivity contribution is 7.92. The van der Waals surface area contributed by atoms with Crippen molar-refractivity contribution >= 4 is 33.5 Å². The number of sulfonamides is 1. The van der Waals surface area contributed by atoms with Crippen molar-refractivity contribution in [1.29, 1.82) is 0 Å². The van der Waals surface area contributed by atoms with Crippen LogP contribution in [0.2, 0.25) is 0 Å². The fourth-order valence-corrected chi connectivity index (χ4v) is 4.18. The van der Waals surface area contributed by atoms with Crippen LogP contribution in [0.1, 0.15) is 11.1 Å². The lowest BCUT2D eigenvalue weighted by Crippen LogP contribution is -2.29. The summed E-state index contributed by atoms with van der Waals surface area (Å²) in [7, 11) is -4.00. The molecule has 27 heavy (non-hydrogen) atoms. The van der Waals surface area contributed by atoms with Crippen LogP contribution >= 0.6 is 0 Å². The Bertz CT molecular complexity index is 1050. The lowest BCUT2D eigenvalue weighted by atomic mass is 10.1. The number of non-ortho nitro benzene ring substituents is 1. The molecule has 0 aliphatic carbocycles. The van der Waals surface area contributed by atoms with Crippen LogP contribution in [0.4, 0.5) is 11.5 Å². The van der Waals surface area contributed by atoms with Gasteiger partial charge in [0.25, 0.3) is 21.6 Å². The highest BCUT2D eigenvalue weighted by Crippen LogP contribution is 2.32. The largest absolute Gasteiger partial charge is 0.288 e. The molecule has 0 bridgehead atoms. The number of hydrogen-bond donors (Lipinski definition) is 2. The molecule has 0 radical (unpaired) electrons. The number of carbonyl (C=O) groups is 1. The van der Waals surface area contributed by atoms with Gasteiger partial charge < -0.3 is 0 Å². The fraction of sp³-hybridized carbons (Fsp3) is 0.125. The van der Waals surface area contributed by atoms with Crippen LogP contribution in [-0.2, 0) is 21.2 Å². The van der Waals surface area contributed by atoms with Crippen molar-refractivity contribution in [3.8, 4) is 0 Å². The number of pyridine rings is 1. The van der Waals surface area contributed by atoms with E-state index < -0.39 is 20.9 Å². The van der Waals surface area contributed by atoms with E-state index in [9.17, 15) is 23.3 Å². The van der Waals surface area contributed by atoms with Gasteiger partial charge in [0.05, 0.1) is 9.82 Å². The molecule has 2 N–H and O–H groups in total. The normalized spacial score (nSPS) is 13.6. The van der Waals surface area contributed by atoms with Crippen LogP contribution in [0, 0.1) is 10.1 Å². The van der Waals surface area contributed by atoms with Gasteiger partial charge in [0.15, 0.2) is 0 Å². The van der Waals surface area contributed by atoms with E-state index in [1.165, 1.54) is 36.0 Å². The summed E-state index contributed by atoms with van der Waals surface area (Å²) in [6.45, 7) is 0.150. The van der Waals surface area contributed by atoms with E-state index in [4.69, 9.17) is 5.21 Å². The Morgan fingerprint density at radius 1 is 1.37 bits per heavy atom. The molecule has 1 aliphatic heterocycles. The van der Waals surface area contributed by atoms with Crippen LogP contribution in [0.15, 0.2) is 47.5 Å². The number of carbonyl (C=O) groups excluding carboxylic acids is 1. The van der Waals surface area contributed by atoms with Crippen LogP contribution in [0.3, 0.4) is 0 Å². The second-order valence-electron chi connectivity index (χ2n) is 5.64. The minimum Gasteiger partial charge on any atom is -0.288 e. The van der Waals surface area contributed by atoms with Crippen molar-refractivity contribution in [1.82, 2.24) is 10.5 Å². The average Bonchev–Trinajstić information content (AvgIpc) is 3.10. The van der Waals surface area contributed by atoms with Crippen molar-refractivity contribution in [3.05, 3.63) is 63.8 Å². The molecule has 0 spiro atoms. The lowest BCUT2D eigenvalue weighted by Gasteiger charge is -2.18. The van der Waals surface area contributed by atoms with Gasteiger partial charge in [-0.15, -0.1) is 0 Å². The molecule has 1 aliphatic rings. The van der Waals surface area contributed by atoms with Gasteiger partial charge in [-0.2, -0.15) is 0 Å². The minimum absolute atomic E-state index is 0.150. The number of fused-ring (bicyclic) bond motifs is 1. The molecule has 11 heteroatoms. The molecule has 0 saturated carbocycles. The molecule has 10 nitrogen and oxygen atoms in total. The topological polar surface area (TPSA) is 143 Å². The molecule has 1 aromatic carbocycles. The molecule has 0 saturated heterocycles. The van der Waals surface area contributed by atoms with E-state index in [1.807, 2.05) is 0 Å². The molecule has 0 fully saturated rings. The zero-order valence-electron chi connectivity index (χ0n) is 13.8. The Morgan fingerprint density at radius 2 is 2.15 bits per heavy atom. The monoisotopic (exact) mass is 390 g/mol. The van der Waals surface area contributed by atoms with Crippen molar-refractivity contribution in [2.75, 3.05) is 10.8 Å². The van der Waals surface area contributed by atoms with Gasteiger partial charge in [-0.05, 0) is 35.8 Å². The first-order chi connectivity index (χ1) is 12.8. The third-order valence-electron chi connectivity index (χ3n) is 3.94. The Labute approximate surface area is 153 Å². The van der Waals surface area contributed by atoms with Crippen LogP contribution < -0.4 is 9.79 Å². The summed E-state index contributed by atoms with van der Waals surface area (Å²) in [6.07, 6.45) is 4.33. The summed E-state index contributed by atoms with van der Waals surface area (Å²) >= 11 is 0. The smallest absolute Gasteiger partial charge is 0.270 e. The van der Waals surface area contributed by atoms with Gasteiger partial charge in [0.2, 0.25) is 0 Å². The number of nitro groups is 1. The van der Waals surface area contributed by atoms with Gasteiger partial charge in [-0.25, -0.2) is 23.2 Å². The number of nitrogens with one attached hydrogen (secondary N) is 1. The third kappa shape index (κ3) is 3.64. The van der Waals surface area contributed by atoms with E-state index in [2.05, 4.69) is 4.98 Å². The zero-order valence-corrected chi connectivity index (χ0v) is 14.6. The fourth-order valence-electron chi connectivity index (χ4n) is 2.68.